The second-order valence-corrected chi connectivity index (χ2v) is 6.22. The molecular weight excluding hydrogens is 284 g/mol. The van der Waals surface area contributed by atoms with E-state index in [1.54, 1.807) is 0 Å². The number of carbonyl (C=O) groups excluding carboxylic acids is 2. The minimum absolute atomic E-state index is 0.239. The Morgan fingerprint density at radius 1 is 0.696 bits per heavy atom. The van der Waals surface area contributed by atoms with E-state index in [-0.39, 0.29) is 5.78 Å². The standard InChI is InChI=1S/C21H36O2/c1-2-3-4-5-6-7-8-9-10-11-12-13-14-15-16-18-21(23)19-17-20-22/h6-7,9-10,20H,2-5,8,11-19H2,1H3. The van der Waals surface area contributed by atoms with Gasteiger partial charge in [-0.15, -0.1) is 0 Å². The Hall–Kier alpha value is -1.18. The van der Waals surface area contributed by atoms with Crippen molar-refractivity contribution in [3.63, 3.8) is 0 Å². The Morgan fingerprint density at radius 3 is 1.96 bits per heavy atom. The molecule has 0 bridgehead atoms. The minimum atomic E-state index is 0.239. The Kier molecular flexibility index (Phi) is 17.9. The smallest absolute Gasteiger partial charge is 0.133 e. The predicted octanol–water partition coefficient (Wildman–Crippen LogP) is 6.35. The van der Waals surface area contributed by atoms with Gasteiger partial charge in [-0.05, 0) is 38.5 Å². The summed E-state index contributed by atoms with van der Waals surface area (Å²) < 4.78 is 0. The van der Waals surface area contributed by atoms with Crippen LogP contribution in [0.3, 0.4) is 0 Å². The highest BCUT2D eigenvalue weighted by atomic mass is 16.1. The molecule has 132 valence electrons. The number of hydrogen-bond acceptors (Lipinski definition) is 2. The van der Waals surface area contributed by atoms with E-state index in [0.29, 0.717) is 19.3 Å². The van der Waals surface area contributed by atoms with E-state index in [4.69, 9.17) is 0 Å². The van der Waals surface area contributed by atoms with Crippen molar-refractivity contribution in [3.05, 3.63) is 24.3 Å². The number of hydrogen-bond donors (Lipinski definition) is 0. The van der Waals surface area contributed by atoms with Crippen LogP contribution in [0.4, 0.5) is 0 Å². The first kappa shape index (κ1) is 21.8. The molecule has 0 unspecified atom stereocenters. The van der Waals surface area contributed by atoms with E-state index >= 15 is 0 Å². The molecular formula is C21H36O2. The minimum Gasteiger partial charge on any atom is -0.303 e. The second-order valence-electron chi connectivity index (χ2n) is 6.22. The van der Waals surface area contributed by atoms with Gasteiger partial charge in [0.25, 0.3) is 0 Å². The molecule has 0 aliphatic heterocycles. The molecule has 0 aliphatic rings. The molecule has 0 spiro atoms. The topological polar surface area (TPSA) is 34.1 Å². The number of carbonyl (C=O) groups is 2. The maximum Gasteiger partial charge on any atom is 0.133 e. The second kappa shape index (κ2) is 18.9. The van der Waals surface area contributed by atoms with Gasteiger partial charge < -0.3 is 4.79 Å². The number of unbranched alkanes of at least 4 members (excludes halogenated alkanes) is 8. The van der Waals surface area contributed by atoms with Gasteiger partial charge in [-0.2, -0.15) is 0 Å². The molecule has 0 saturated heterocycles. The van der Waals surface area contributed by atoms with Crippen LogP contribution in [0.5, 0.6) is 0 Å². The van der Waals surface area contributed by atoms with Gasteiger partial charge in [-0.1, -0.05) is 63.3 Å². The van der Waals surface area contributed by atoms with E-state index in [0.717, 1.165) is 25.5 Å². The van der Waals surface area contributed by atoms with E-state index < -0.39 is 0 Å². The summed E-state index contributed by atoms with van der Waals surface area (Å²) in [6.07, 6.45) is 24.7. The first-order chi connectivity index (χ1) is 11.3. The molecule has 2 heteroatoms. The highest BCUT2D eigenvalue weighted by Gasteiger charge is 2.00. The van der Waals surface area contributed by atoms with Gasteiger partial charge >= 0.3 is 0 Å². The third kappa shape index (κ3) is 18.8. The SMILES string of the molecule is CCCCCC=CCC=CCCCCCCCC(=O)CCC=O. The van der Waals surface area contributed by atoms with Crippen molar-refractivity contribution in [2.24, 2.45) is 0 Å². The van der Waals surface area contributed by atoms with Crippen molar-refractivity contribution in [2.75, 3.05) is 0 Å². The third-order valence-corrected chi connectivity index (χ3v) is 3.95. The quantitative estimate of drug-likeness (QED) is 0.178. The Morgan fingerprint density at radius 2 is 1.30 bits per heavy atom. The fourth-order valence-corrected chi connectivity index (χ4v) is 2.48. The van der Waals surface area contributed by atoms with Crippen molar-refractivity contribution in [3.8, 4) is 0 Å². The number of aldehydes is 1. The fourth-order valence-electron chi connectivity index (χ4n) is 2.48. The molecule has 0 saturated carbocycles. The average molecular weight is 321 g/mol. The monoisotopic (exact) mass is 320 g/mol. The van der Waals surface area contributed by atoms with Gasteiger partial charge in [0.15, 0.2) is 0 Å². The summed E-state index contributed by atoms with van der Waals surface area (Å²) in [6.45, 7) is 2.24. The van der Waals surface area contributed by atoms with E-state index in [1.807, 2.05) is 0 Å². The lowest BCUT2D eigenvalue weighted by Gasteiger charge is -2.00. The van der Waals surface area contributed by atoms with Crippen molar-refractivity contribution in [2.45, 2.75) is 96.8 Å². The molecule has 2 nitrogen and oxygen atoms in total. The van der Waals surface area contributed by atoms with Crippen molar-refractivity contribution in [1.29, 1.82) is 0 Å². The van der Waals surface area contributed by atoms with E-state index in [9.17, 15) is 9.59 Å². The molecule has 0 N–H and O–H groups in total. The lowest BCUT2D eigenvalue weighted by Crippen LogP contribution is -1.97. The molecule has 0 radical (unpaired) electrons. The van der Waals surface area contributed by atoms with Gasteiger partial charge in [-0.3, -0.25) is 4.79 Å². The first-order valence-corrected chi connectivity index (χ1v) is 9.56. The molecule has 0 fully saturated rings. The summed E-state index contributed by atoms with van der Waals surface area (Å²) in [5, 5.41) is 0. The van der Waals surface area contributed by atoms with Crippen molar-refractivity contribution in [1.82, 2.24) is 0 Å². The van der Waals surface area contributed by atoms with E-state index in [1.165, 1.54) is 51.4 Å². The zero-order valence-corrected chi connectivity index (χ0v) is 15.1. The number of Topliss-reactive ketones (excluding diaryl/α,β-unsaturated/α-hetero) is 1. The van der Waals surface area contributed by atoms with Crippen LogP contribution in [-0.4, -0.2) is 12.1 Å². The molecule has 23 heavy (non-hydrogen) atoms. The Labute approximate surface area is 143 Å². The van der Waals surface area contributed by atoms with Gasteiger partial charge in [0.1, 0.15) is 12.1 Å². The molecule has 0 aromatic carbocycles. The lowest BCUT2D eigenvalue weighted by atomic mass is 10.1. The zero-order valence-electron chi connectivity index (χ0n) is 15.1. The van der Waals surface area contributed by atoms with Crippen LogP contribution in [0.2, 0.25) is 0 Å². The van der Waals surface area contributed by atoms with Crippen LogP contribution in [0.25, 0.3) is 0 Å². The maximum absolute atomic E-state index is 11.4. The predicted molar refractivity (Wildman–Crippen MR) is 99.7 cm³/mol. The number of ketones is 1. The zero-order chi connectivity index (χ0) is 17.0. The highest BCUT2D eigenvalue weighted by molar-refractivity contribution is 5.80. The molecule has 0 atom stereocenters. The first-order valence-electron chi connectivity index (χ1n) is 9.56. The summed E-state index contributed by atoms with van der Waals surface area (Å²) in [5.74, 6) is 0.239. The van der Waals surface area contributed by atoms with Crippen LogP contribution >= 0.6 is 0 Å². The summed E-state index contributed by atoms with van der Waals surface area (Å²) in [5.41, 5.74) is 0. The fraction of sp³-hybridized carbons (Fsp3) is 0.714. The number of rotatable bonds is 17. The highest BCUT2D eigenvalue weighted by Crippen LogP contribution is 2.09. The molecule has 0 aromatic rings. The molecule has 0 amide bonds. The third-order valence-electron chi connectivity index (χ3n) is 3.95. The van der Waals surface area contributed by atoms with Crippen molar-refractivity contribution >= 4 is 12.1 Å². The molecule has 0 rings (SSSR count). The normalized spacial score (nSPS) is 11.5. The van der Waals surface area contributed by atoms with Crippen LogP contribution in [0, 0.1) is 0 Å². The van der Waals surface area contributed by atoms with Crippen LogP contribution in [0.15, 0.2) is 24.3 Å². The maximum atomic E-state index is 11.4. The molecule has 0 aromatic heterocycles. The van der Waals surface area contributed by atoms with Crippen LogP contribution < -0.4 is 0 Å². The summed E-state index contributed by atoms with van der Waals surface area (Å²) in [4.78, 5) is 21.5. The Bertz CT molecular complexity index is 329. The van der Waals surface area contributed by atoms with E-state index in [2.05, 4.69) is 31.2 Å². The van der Waals surface area contributed by atoms with Crippen molar-refractivity contribution < 1.29 is 9.59 Å². The summed E-state index contributed by atoms with van der Waals surface area (Å²) in [6, 6.07) is 0. The largest absolute Gasteiger partial charge is 0.303 e. The van der Waals surface area contributed by atoms with Gasteiger partial charge in [-0.25, -0.2) is 0 Å². The molecule has 0 aliphatic carbocycles. The Balaban J connectivity index is 3.24. The summed E-state index contributed by atoms with van der Waals surface area (Å²) >= 11 is 0. The van der Waals surface area contributed by atoms with Gasteiger partial charge in [0.05, 0.1) is 0 Å². The van der Waals surface area contributed by atoms with Crippen LogP contribution in [-0.2, 0) is 9.59 Å². The number of allylic oxidation sites excluding steroid dienone is 4. The molecule has 0 heterocycles. The lowest BCUT2D eigenvalue weighted by molar-refractivity contribution is -0.120. The van der Waals surface area contributed by atoms with Crippen LogP contribution in [0.1, 0.15) is 96.8 Å². The average Bonchev–Trinajstić information content (AvgIpc) is 2.56. The summed E-state index contributed by atoms with van der Waals surface area (Å²) in [7, 11) is 0. The van der Waals surface area contributed by atoms with Gasteiger partial charge in [0, 0.05) is 19.3 Å². The van der Waals surface area contributed by atoms with Gasteiger partial charge in [0.2, 0.25) is 0 Å².